The molecule has 1 N–H and O–H groups in total. The zero-order valence-electron chi connectivity index (χ0n) is 27.9. The van der Waals surface area contributed by atoms with Crippen LogP contribution in [0.2, 0.25) is 5.02 Å². The van der Waals surface area contributed by atoms with Gasteiger partial charge in [-0.25, -0.2) is 8.42 Å². The Morgan fingerprint density at radius 2 is 1.50 bits per heavy atom. The summed E-state index contributed by atoms with van der Waals surface area (Å²) in [7, 11) is -4.28. The van der Waals surface area contributed by atoms with Crippen LogP contribution in [0.15, 0.2) is 113 Å². The van der Waals surface area contributed by atoms with Gasteiger partial charge in [0.05, 0.1) is 17.2 Å². The van der Waals surface area contributed by atoms with Gasteiger partial charge in [-0.15, -0.1) is 11.8 Å². The van der Waals surface area contributed by atoms with E-state index in [2.05, 4.69) is 5.32 Å². The third kappa shape index (κ3) is 9.78. The number of anilines is 1. The summed E-state index contributed by atoms with van der Waals surface area (Å²) in [4.78, 5) is 31.1. The van der Waals surface area contributed by atoms with Gasteiger partial charge in [-0.3, -0.25) is 13.9 Å². The summed E-state index contributed by atoms with van der Waals surface area (Å²) in [6, 6.07) is 28.7. The molecular weight excluding hydrogens is 666 g/mol. The minimum Gasteiger partial charge on any atom is -0.492 e. The SMILES string of the molecule is CCOc1ccccc1N(CC(=O)N(Cc1ccc(Cl)cc1)[C@H](Cc1ccccc1)C(=O)NC(C)(C)C)S(=O)(=O)c1ccc(SC)cc1. The van der Waals surface area contributed by atoms with Gasteiger partial charge in [0, 0.05) is 28.4 Å². The predicted molar refractivity (Wildman–Crippen MR) is 194 cm³/mol. The fraction of sp³-hybridized carbons (Fsp3) is 0.297. The molecule has 0 radical (unpaired) electrons. The normalized spacial score (nSPS) is 12.2. The Bertz CT molecular complexity index is 1780. The molecule has 4 rings (SSSR count). The number of amides is 2. The quantitative estimate of drug-likeness (QED) is 0.139. The van der Waals surface area contributed by atoms with Crippen molar-refractivity contribution in [2.45, 2.75) is 62.0 Å². The molecule has 4 aromatic rings. The fourth-order valence-electron chi connectivity index (χ4n) is 5.12. The molecule has 0 aliphatic heterocycles. The maximum atomic E-state index is 14.7. The largest absolute Gasteiger partial charge is 0.492 e. The van der Waals surface area contributed by atoms with Crippen LogP contribution in [-0.2, 0) is 32.6 Å². The highest BCUT2D eigenvalue weighted by atomic mass is 35.5. The average Bonchev–Trinajstić information content (AvgIpc) is 3.06. The van der Waals surface area contributed by atoms with Crippen LogP contribution in [0.1, 0.15) is 38.8 Å². The molecule has 0 saturated carbocycles. The Kier molecular flexibility index (Phi) is 12.6. The Hall–Kier alpha value is -3.99. The van der Waals surface area contributed by atoms with Crippen LogP contribution in [0.3, 0.4) is 0 Å². The molecule has 254 valence electrons. The van der Waals surface area contributed by atoms with Gasteiger partial charge in [0.25, 0.3) is 10.0 Å². The van der Waals surface area contributed by atoms with Crippen LogP contribution in [0, 0.1) is 0 Å². The summed E-state index contributed by atoms with van der Waals surface area (Å²) in [6.07, 6.45) is 2.12. The molecule has 0 aliphatic rings. The molecule has 0 fully saturated rings. The molecule has 1 atom stereocenters. The summed E-state index contributed by atoms with van der Waals surface area (Å²) in [5, 5.41) is 3.57. The van der Waals surface area contributed by atoms with Crippen LogP contribution in [0.4, 0.5) is 5.69 Å². The first kappa shape index (κ1) is 36.8. The number of nitrogens with zero attached hydrogens (tertiary/aromatic N) is 2. The molecule has 0 aromatic heterocycles. The lowest BCUT2D eigenvalue weighted by atomic mass is 10.0. The van der Waals surface area contributed by atoms with Crippen molar-refractivity contribution >= 4 is 50.9 Å². The summed E-state index contributed by atoms with van der Waals surface area (Å²) < 4.78 is 35.8. The Morgan fingerprint density at radius 3 is 2.10 bits per heavy atom. The van der Waals surface area contributed by atoms with Crippen molar-refractivity contribution in [3.05, 3.63) is 119 Å². The molecule has 0 heterocycles. The van der Waals surface area contributed by atoms with E-state index < -0.39 is 34.1 Å². The first-order valence-electron chi connectivity index (χ1n) is 15.6. The summed E-state index contributed by atoms with van der Waals surface area (Å²) in [5.41, 5.74) is 1.20. The topological polar surface area (TPSA) is 96.0 Å². The van der Waals surface area contributed by atoms with E-state index in [9.17, 15) is 18.0 Å². The van der Waals surface area contributed by atoms with Crippen LogP contribution < -0.4 is 14.4 Å². The second-order valence-electron chi connectivity index (χ2n) is 12.2. The first-order chi connectivity index (χ1) is 22.8. The van der Waals surface area contributed by atoms with Crippen molar-refractivity contribution in [3.63, 3.8) is 0 Å². The molecule has 2 amide bonds. The Balaban J connectivity index is 1.85. The smallest absolute Gasteiger partial charge is 0.264 e. The van der Waals surface area contributed by atoms with E-state index in [1.807, 2.05) is 57.4 Å². The molecule has 11 heteroatoms. The van der Waals surface area contributed by atoms with E-state index in [0.29, 0.717) is 10.8 Å². The maximum Gasteiger partial charge on any atom is 0.264 e. The number of carbonyl (C=O) groups is 2. The van der Waals surface area contributed by atoms with Gasteiger partial charge in [-0.1, -0.05) is 66.2 Å². The zero-order valence-corrected chi connectivity index (χ0v) is 30.2. The van der Waals surface area contributed by atoms with Gasteiger partial charge in [0.1, 0.15) is 18.3 Å². The second kappa shape index (κ2) is 16.4. The highest BCUT2D eigenvalue weighted by Gasteiger charge is 2.36. The van der Waals surface area contributed by atoms with E-state index in [4.69, 9.17) is 16.3 Å². The molecule has 0 unspecified atom stereocenters. The second-order valence-corrected chi connectivity index (χ2v) is 15.4. The van der Waals surface area contributed by atoms with Gasteiger partial charge in [0.15, 0.2) is 0 Å². The number of sulfonamides is 1. The number of hydrogen-bond donors (Lipinski definition) is 1. The number of benzene rings is 4. The van der Waals surface area contributed by atoms with E-state index in [1.54, 1.807) is 67.6 Å². The van der Waals surface area contributed by atoms with Crippen LogP contribution in [-0.4, -0.2) is 56.1 Å². The fourth-order valence-corrected chi connectivity index (χ4v) is 7.08. The number of ether oxygens (including phenoxy) is 1. The Labute approximate surface area is 293 Å². The first-order valence-corrected chi connectivity index (χ1v) is 18.6. The lowest BCUT2D eigenvalue weighted by Gasteiger charge is -2.35. The Morgan fingerprint density at radius 1 is 0.875 bits per heavy atom. The average molecular weight is 708 g/mol. The molecule has 48 heavy (non-hydrogen) atoms. The van der Waals surface area contributed by atoms with Gasteiger partial charge < -0.3 is 15.0 Å². The number of rotatable bonds is 14. The zero-order chi connectivity index (χ0) is 34.9. The number of nitrogens with one attached hydrogen (secondary N) is 1. The van der Waals surface area contributed by atoms with Crippen molar-refractivity contribution in [3.8, 4) is 5.75 Å². The predicted octanol–water partition coefficient (Wildman–Crippen LogP) is 7.21. The van der Waals surface area contributed by atoms with Crippen LogP contribution in [0.25, 0.3) is 0 Å². The monoisotopic (exact) mass is 707 g/mol. The van der Waals surface area contributed by atoms with Gasteiger partial charge in [0.2, 0.25) is 11.8 Å². The van der Waals surface area contributed by atoms with E-state index in [-0.39, 0.29) is 36.1 Å². The van der Waals surface area contributed by atoms with Crippen molar-refractivity contribution in [1.82, 2.24) is 10.2 Å². The molecule has 0 saturated heterocycles. The summed E-state index contributed by atoms with van der Waals surface area (Å²) in [6.45, 7) is 7.16. The van der Waals surface area contributed by atoms with Crippen LogP contribution in [0.5, 0.6) is 5.75 Å². The minimum atomic E-state index is -4.28. The number of para-hydroxylation sites is 2. The van der Waals surface area contributed by atoms with Crippen molar-refractivity contribution in [2.75, 3.05) is 23.7 Å². The molecular formula is C37H42ClN3O5S2. The number of carbonyl (C=O) groups excluding carboxylic acids is 2. The molecule has 0 aliphatic carbocycles. The molecule has 0 bridgehead atoms. The minimum absolute atomic E-state index is 0.0231. The summed E-state index contributed by atoms with van der Waals surface area (Å²) in [5.74, 6) is -0.608. The lowest BCUT2D eigenvalue weighted by Crippen LogP contribution is -2.56. The standard InChI is InChI=1S/C37H42ClN3O5S2/c1-6-46-34-15-11-10-14-32(34)41(48(44,45)31-22-20-30(47-5)21-23-31)26-35(42)40(25-28-16-18-29(38)19-17-28)33(36(43)39-37(2,3)4)24-27-12-8-7-9-13-27/h7-23,33H,6,24-26H2,1-5H3,(H,39,43)/t33-/m1/s1. The van der Waals surface area contributed by atoms with Gasteiger partial charge in [-0.05, 0) is 93.6 Å². The van der Waals surface area contributed by atoms with E-state index >= 15 is 0 Å². The maximum absolute atomic E-state index is 14.7. The van der Waals surface area contributed by atoms with Crippen molar-refractivity contribution < 1.29 is 22.7 Å². The number of hydrogen-bond acceptors (Lipinski definition) is 6. The van der Waals surface area contributed by atoms with Gasteiger partial charge in [-0.2, -0.15) is 0 Å². The van der Waals surface area contributed by atoms with Crippen LogP contribution >= 0.6 is 23.4 Å². The third-order valence-electron chi connectivity index (χ3n) is 7.40. The van der Waals surface area contributed by atoms with Crippen molar-refractivity contribution in [2.24, 2.45) is 0 Å². The highest BCUT2D eigenvalue weighted by molar-refractivity contribution is 7.98. The highest BCUT2D eigenvalue weighted by Crippen LogP contribution is 2.33. The number of halogens is 1. The molecule has 8 nitrogen and oxygen atoms in total. The third-order valence-corrected chi connectivity index (χ3v) is 10.2. The number of thioether (sulfide) groups is 1. The van der Waals surface area contributed by atoms with E-state index in [1.165, 1.54) is 28.8 Å². The van der Waals surface area contributed by atoms with Gasteiger partial charge >= 0.3 is 0 Å². The molecule has 0 spiro atoms. The van der Waals surface area contributed by atoms with E-state index in [0.717, 1.165) is 20.3 Å². The van der Waals surface area contributed by atoms with Crippen molar-refractivity contribution in [1.29, 1.82) is 0 Å². The summed E-state index contributed by atoms with van der Waals surface area (Å²) >= 11 is 7.67. The lowest BCUT2D eigenvalue weighted by molar-refractivity contribution is -0.140. The molecule has 4 aromatic carbocycles.